The van der Waals surface area contributed by atoms with Crippen molar-refractivity contribution in [3.05, 3.63) is 46.7 Å². The molecule has 0 spiro atoms. The second-order valence-corrected chi connectivity index (χ2v) is 8.05. The van der Waals surface area contributed by atoms with E-state index in [9.17, 15) is 14.0 Å². The monoisotopic (exact) mass is 423 g/mol. The first-order valence-electron chi connectivity index (χ1n) is 9.12. The number of urea groups is 1. The number of carbonyl (C=O) groups excluding carboxylic acids is 2. The number of carbonyl (C=O) groups is 2. The van der Waals surface area contributed by atoms with E-state index in [0.717, 1.165) is 5.69 Å². The van der Waals surface area contributed by atoms with E-state index in [1.54, 1.807) is 32.9 Å². The van der Waals surface area contributed by atoms with Crippen molar-refractivity contribution in [2.45, 2.75) is 39.5 Å². The highest BCUT2D eigenvalue weighted by atomic mass is 32.1. The third-order valence-electron chi connectivity index (χ3n) is 3.39. The summed E-state index contributed by atoms with van der Waals surface area (Å²) in [5, 5.41) is 13.4. The zero-order valence-corrected chi connectivity index (χ0v) is 17.5. The maximum absolute atomic E-state index is 13.1. The number of anilines is 1. The Morgan fingerprint density at radius 3 is 2.69 bits per heavy atom. The SMILES string of the molecule is CC(C)(C)OC(=O)NCCNCc1csc(NC(=O)NCc2cccc(F)c2)n1. The third-order valence-corrected chi connectivity index (χ3v) is 4.20. The molecule has 29 heavy (non-hydrogen) atoms. The largest absolute Gasteiger partial charge is 0.444 e. The Bertz CT molecular complexity index is 822. The second-order valence-electron chi connectivity index (χ2n) is 7.19. The number of hydrogen-bond donors (Lipinski definition) is 4. The van der Waals surface area contributed by atoms with Crippen molar-refractivity contribution in [1.82, 2.24) is 20.9 Å². The van der Waals surface area contributed by atoms with Crippen LogP contribution in [0, 0.1) is 5.82 Å². The molecule has 158 valence electrons. The first kappa shape index (κ1) is 22.6. The van der Waals surface area contributed by atoms with E-state index in [2.05, 4.69) is 26.3 Å². The van der Waals surface area contributed by atoms with Crippen molar-refractivity contribution in [3.63, 3.8) is 0 Å². The van der Waals surface area contributed by atoms with Gasteiger partial charge in [0, 0.05) is 31.6 Å². The Hall–Kier alpha value is -2.72. The molecular formula is C19H26FN5O3S. The molecule has 2 rings (SSSR count). The molecule has 0 aliphatic heterocycles. The summed E-state index contributed by atoms with van der Waals surface area (Å²) in [6, 6.07) is 5.62. The number of halogens is 1. The molecule has 4 N–H and O–H groups in total. The Morgan fingerprint density at radius 1 is 1.17 bits per heavy atom. The average molecular weight is 424 g/mol. The fraction of sp³-hybridized carbons (Fsp3) is 0.421. The van der Waals surface area contributed by atoms with Crippen LogP contribution in [0.3, 0.4) is 0 Å². The van der Waals surface area contributed by atoms with E-state index in [4.69, 9.17) is 4.74 Å². The number of benzene rings is 1. The van der Waals surface area contributed by atoms with Gasteiger partial charge in [0.2, 0.25) is 0 Å². The number of aromatic nitrogens is 1. The molecule has 0 saturated carbocycles. The lowest BCUT2D eigenvalue weighted by molar-refractivity contribution is 0.0528. The molecule has 3 amide bonds. The average Bonchev–Trinajstić information content (AvgIpc) is 3.05. The highest BCUT2D eigenvalue weighted by Crippen LogP contribution is 2.15. The number of amides is 3. The summed E-state index contributed by atoms with van der Waals surface area (Å²) >= 11 is 1.30. The lowest BCUT2D eigenvalue weighted by Gasteiger charge is -2.19. The van der Waals surface area contributed by atoms with Crippen LogP contribution in [0.2, 0.25) is 0 Å². The van der Waals surface area contributed by atoms with Gasteiger partial charge in [-0.2, -0.15) is 0 Å². The molecule has 0 unspecified atom stereocenters. The highest BCUT2D eigenvalue weighted by molar-refractivity contribution is 7.13. The summed E-state index contributed by atoms with van der Waals surface area (Å²) in [6.07, 6.45) is -0.455. The zero-order chi connectivity index (χ0) is 21.3. The van der Waals surface area contributed by atoms with Crippen LogP contribution in [0.5, 0.6) is 0 Å². The van der Waals surface area contributed by atoms with Gasteiger partial charge in [0.1, 0.15) is 11.4 Å². The van der Waals surface area contributed by atoms with Crippen LogP contribution in [-0.2, 0) is 17.8 Å². The molecule has 0 aliphatic rings. The topological polar surface area (TPSA) is 104 Å². The quantitative estimate of drug-likeness (QED) is 0.488. The van der Waals surface area contributed by atoms with Crippen molar-refractivity contribution < 1.29 is 18.7 Å². The maximum Gasteiger partial charge on any atom is 0.407 e. The lowest BCUT2D eigenvalue weighted by atomic mass is 10.2. The molecule has 0 aliphatic carbocycles. The molecule has 10 heteroatoms. The van der Waals surface area contributed by atoms with Crippen molar-refractivity contribution in [2.24, 2.45) is 0 Å². The standard InChI is InChI=1S/C19H26FN5O3S/c1-19(2,3)28-18(27)22-8-7-21-11-15-12-29-17(24-15)25-16(26)23-10-13-5-4-6-14(20)9-13/h4-6,9,12,21H,7-8,10-11H2,1-3H3,(H,22,27)(H2,23,24,25,26). The van der Waals surface area contributed by atoms with Crippen LogP contribution in [0.15, 0.2) is 29.6 Å². The van der Waals surface area contributed by atoms with Gasteiger partial charge in [0.05, 0.1) is 5.69 Å². The van der Waals surface area contributed by atoms with Gasteiger partial charge in [0.15, 0.2) is 5.13 Å². The predicted molar refractivity (Wildman–Crippen MR) is 110 cm³/mol. The van der Waals surface area contributed by atoms with Crippen molar-refractivity contribution in [1.29, 1.82) is 0 Å². The predicted octanol–water partition coefficient (Wildman–Crippen LogP) is 3.22. The lowest BCUT2D eigenvalue weighted by Crippen LogP contribution is -2.36. The molecule has 0 radical (unpaired) electrons. The van der Waals surface area contributed by atoms with E-state index in [-0.39, 0.29) is 12.4 Å². The van der Waals surface area contributed by atoms with Gasteiger partial charge < -0.3 is 20.7 Å². The number of ether oxygens (including phenoxy) is 1. The molecule has 0 saturated heterocycles. The van der Waals surface area contributed by atoms with Crippen LogP contribution in [0.1, 0.15) is 32.0 Å². The number of rotatable bonds is 8. The van der Waals surface area contributed by atoms with Crippen LogP contribution < -0.4 is 21.3 Å². The van der Waals surface area contributed by atoms with E-state index in [1.165, 1.54) is 23.5 Å². The van der Waals surface area contributed by atoms with Gasteiger partial charge in [-0.05, 0) is 38.5 Å². The first-order chi connectivity index (χ1) is 13.7. The van der Waals surface area contributed by atoms with Gasteiger partial charge in [-0.1, -0.05) is 12.1 Å². The third kappa shape index (κ3) is 9.35. The van der Waals surface area contributed by atoms with E-state index in [0.29, 0.717) is 30.3 Å². The van der Waals surface area contributed by atoms with E-state index < -0.39 is 17.7 Å². The minimum Gasteiger partial charge on any atom is -0.444 e. The highest BCUT2D eigenvalue weighted by Gasteiger charge is 2.15. The Balaban J connectivity index is 1.63. The molecule has 8 nitrogen and oxygen atoms in total. The number of hydrogen-bond acceptors (Lipinski definition) is 6. The maximum atomic E-state index is 13.1. The normalized spacial score (nSPS) is 11.0. The summed E-state index contributed by atoms with van der Waals surface area (Å²) in [7, 11) is 0. The van der Waals surface area contributed by atoms with Gasteiger partial charge in [0.25, 0.3) is 0 Å². The van der Waals surface area contributed by atoms with Crippen molar-refractivity contribution in [3.8, 4) is 0 Å². The molecule has 0 bridgehead atoms. The van der Waals surface area contributed by atoms with Gasteiger partial charge >= 0.3 is 12.1 Å². The number of nitrogens with zero attached hydrogens (tertiary/aromatic N) is 1. The summed E-state index contributed by atoms with van der Waals surface area (Å²) in [4.78, 5) is 27.8. The first-order valence-corrected chi connectivity index (χ1v) is 10.0. The van der Waals surface area contributed by atoms with Crippen LogP contribution in [-0.4, -0.2) is 35.8 Å². The van der Waals surface area contributed by atoms with Crippen LogP contribution in [0.25, 0.3) is 0 Å². The fourth-order valence-corrected chi connectivity index (χ4v) is 2.91. The molecule has 0 fully saturated rings. The molecule has 1 heterocycles. The summed E-state index contributed by atoms with van der Waals surface area (Å²) in [5.41, 5.74) is 0.919. The van der Waals surface area contributed by atoms with E-state index in [1.807, 2.05) is 5.38 Å². The molecule has 1 aromatic heterocycles. The van der Waals surface area contributed by atoms with Crippen molar-refractivity contribution >= 4 is 28.6 Å². The van der Waals surface area contributed by atoms with Crippen LogP contribution in [0.4, 0.5) is 19.1 Å². The zero-order valence-electron chi connectivity index (χ0n) is 16.7. The Morgan fingerprint density at radius 2 is 1.97 bits per heavy atom. The molecule has 0 atom stereocenters. The van der Waals surface area contributed by atoms with Crippen molar-refractivity contribution in [2.75, 3.05) is 18.4 Å². The fourth-order valence-electron chi connectivity index (χ4n) is 2.20. The molecule has 1 aromatic carbocycles. The summed E-state index contributed by atoms with van der Waals surface area (Å²) in [6.45, 7) is 7.11. The number of thiazole rings is 1. The smallest absolute Gasteiger partial charge is 0.407 e. The van der Waals surface area contributed by atoms with Gasteiger partial charge in [-0.3, -0.25) is 5.32 Å². The molecule has 2 aromatic rings. The van der Waals surface area contributed by atoms with Crippen LogP contribution >= 0.6 is 11.3 Å². The molecular weight excluding hydrogens is 397 g/mol. The Labute approximate surface area is 173 Å². The number of alkyl carbamates (subject to hydrolysis) is 1. The second kappa shape index (κ2) is 10.7. The summed E-state index contributed by atoms with van der Waals surface area (Å²) in [5.74, 6) is -0.344. The Kier molecular flexibility index (Phi) is 8.34. The van der Waals surface area contributed by atoms with Gasteiger partial charge in [-0.25, -0.2) is 19.0 Å². The minimum atomic E-state index is -0.523. The van der Waals surface area contributed by atoms with E-state index >= 15 is 0 Å². The minimum absolute atomic E-state index is 0.216. The van der Waals surface area contributed by atoms with Gasteiger partial charge in [-0.15, -0.1) is 11.3 Å². The summed E-state index contributed by atoms with van der Waals surface area (Å²) < 4.78 is 18.3. The number of nitrogens with one attached hydrogen (secondary N) is 4.